The highest BCUT2D eigenvalue weighted by Crippen LogP contribution is 2.42. The summed E-state index contributed by atoms with van der Waals surface area (Å²) >= 11 is 5.70. The van der Waals surface area contributed by atoms with Gasteiger partial charge >= 0.3 is 0 Å². The van der Waals surface area contributed by atoms with E-state index in [-0.39, 0.29) is 12.1 Å². The smallest absolute Gasteiger partial charge is 0.229 e. The number of sulfonamides is 1. The Bertz CT molecular complexity index is 1210. The van der Waals surface area contributed by atoms with Crippen LogP contribution in [0.2, 0.25) is 0 Å². The molecular weight excluding hydrogens is 434 g/mol. The van der Waals surface area contributed by atoms with Crippen LogP contribution in [0.1, 0.15) is 29.2 Å². The lowest BCUT2D eigenvalue weighted by Crippen LogP contribution is -2.29. The molecule has 31 heavy (non-hydrogen) atoms. The summed E-state index contributed by atoms with van der Waals surface area (Å²) in [6, 6.07) is 14.7. The van der Waals surface area contributed by atoms with Gasteiger partial charge in [-0.1, -0.05) is 6.07 Å². The first-order valence-corrected chi connectivity index (χ1v) is 11.9. The number of hydrogen-bond donors (Lipinski definition) is 3. The Hall–Kier alpha value is -3.11. The van der Waals surface area contributed by atoms with Crippen molar-refractivity contribution in [2.75, 3.05) is 23.0 Å². The van der Waals surface area contributed by atoms with Gasteiger partial charge in [-0.2, -0.15) is 0 Å². The van der Waals surface area contributed by atoms with Gasteiger partial charge in [0.1, 0.15) is 11.8 Å². The molecule has 10 heteroatoms. The van der Waals surface area contributed by atoms with Crippen LogP contribution in [0.4, 0.5) is 11.4 Å². The second kappa shape index (κ2) is 8.20. The molecule has 4 rings (SSSR count). The summed E-state index contributed by atoms with van der Waals surface area (Å²) < 4.78 is 31.3. The topological polar surface area (TPSA) is 99.3 Å². The van der Waals surface area contributed by atoms with E-state index >= 15 is 0 Å². The summed E-state index contributed by atoms with van der Waals surface area (Å²) in [5, 5.41) is 3.93. The number of hydrogen-bond acceptors (Lipinski definition) is 5. The van der Waals surface area contributed by atoms with Crippen molar-refractivity contribution in [3.63, 3.8) is 0 Å². The molecule has 3 aromatic rings. The van der Waals surface area contributed by atoms with Gasteiger partial charge in [0.05, 0.1) is 30.8 Å². The van der Waals surface area contributed by atoms with Crippen LogP contribution < -0.4 is 19.7 Å². The molecule has 3 heterocycles. The van der Waals surface area contributed by atoms with E-state index in [2.05, 4.69) is 20.0 Å². The van der Waals surface area contributed by atoms with Crippen LogP contribution in [0.15, 0.2) is 54.7 Å². The maximum atomic E-state index is 11.7. The first-order valence-electron chi connectivity index (χ1n) is 9.59. The minimum Gasteiger partial charge on any atom is -0.494 e. The van der Waals surface area contributed by atoms with Crippen molar-refractivity contribution < 1.29 is 13.2 Å². The van der Waals surface area contributed by atoms with Crippen molar-refractivity contribution in [1.82, 2.24) is 15.3 Å². The van der Waals surface area contributed by atoms with Crippen molar-refractivity contribution in [3.05, 3.63) is 71.8 Å². The van der Waals surface area contributed by atoms with Crippen molar-refractivity contribution in [2.24, 2.45) is 0 Å². The van der Waals surface area contributed by atoms with E-state index in [4.69, 9.17) is 17.0 Å². The monoisotopic (exact) mass is 457 g/mol. The van der Waals surface area contributed by atoms with Gasteiger partial charge in [-0.3, -0.25) is 9.71 Å². The SMILES string of the molecule is COc1cc(N2C(=S)N[C@@H](c3ccccn3)[C@H]2c2ccc(C)[nH]2)ccc1NS(C)(=O)=O. The zero-order valence-corrected chi connectivity index (χ0v) is 18.9. The highest BCUT2D eigenvalue weighted by Gasteiger charge is 2.41. The highest BCUT2D eigenvalue weighted by atomic mass is 32.2. The quantitative estimate of drug-likeness (QED) is 0.489. The number of aryl methyl sites for hydroxylation is 1. The normalized spacial score (nSPS) is 18.7. The highest BCUT2D eigenvalue weighted by molar-refractivity contribution is 7.92. The Morgan fingerprint density at radius 2 is 2.00 bits per heavy atom. The lowest BCUT2D eigenvalue weighted by atomic mass is 10.0. The van der Waals surface area contributed by atoms with Crippen LogP contribution in [-0.2, 0) is 10.0 Å². The summed E-state index contributed by atoms with van der Waals surface area (Å²) in [6.07, 6.45) is 2.86. The molecule has 0 amide bonds. The lowest BCUT2D eigenvalue weighted by molar-refractivity contribution is 0.417. The third-order valence-corrected chi connectivity index (χ3v) is 5.94. The van der Waals surface area contributed by atoms with Crippen LogP contribution in [0.5, 0.6) is 5.75 Å². The summed E-state index contributed by atoms with van der Waals surface area (Å²) in [5.74, 6) is 0.397. The number of ether oxygens (including phenoxy) is 1. The van der Waals surface area contributed by atoms with E-state index in [9.17, 15) is 8.42 Å². The van der Waals surface area contributed by atoms with E-state index < -0.39 is 10.0 Å². The number of pyridine rings is 1. The van der Waals surface area contributed by atoms with Crippen molar-refractivity contribution >= 4 is 38.7 Å². The molecule has 0 bridgehead atoms. The number of methoxy groups -OCH3 is 1. The number of anilines is 2. The Morgan fingerprint density at radius 1 is 1.19 bits per heavy atom. The maximum Gasteiger partial charge on any atom is 0.229 e. The Balaban J connectivity index is 1.79. The molecule has 1 aromatic carbocycles. The number of rotatable bonds is 6. The average Bonchev–Trinajstić information content (AvgIpc) is 3.30. The number of nitrogens with one attached hydrogen (secondary N) is 3. The molecule has 0 unspecified atom stereocenters. The number of aromatic nitrogens is 2. The second-order valence-corrected chi connectivity index (χ2v) is 9.49. The van der Waals surface area contributed by atoms with Crippen LogP contribution in [0.3, 0.4) is 0 Å². The summed E-state index contributed by atoms with van der Waals surface area (Å²) in [7, 11) is -1.95. The predicted octanol–water partition coefficient (Wildman–Crippen LogP) is 3.28. The molecule has 3 N–H and O–H groups in total. The molecule has 0 spiro atoms. The zero-order chi connectivity index (χ0) is 22.2. The van der Waals surface area contributed by atoms with Gasteiger partial charge in [-0.25, -0.2) is 8.42 Å². The molecule has 0 radical (unpaired) electrons. The van der Waals surface area contributed by atoms with Gasteiger partial charge in [0.15, 0.2) is 5.11 Å². The van der Waals surface area contributed by atoms with E-state index in [1.165, 1.54) is 7.11 Å². The van der Waals surface area contributed by atoms with Gasteiger partial charge in [0.25, 0.3) is 0 Å². The molecule has 2 aromatic heterocycles. The van der Waals surface area contributed by atoms with Crippen molar-refractivity contribution in [1.29, 1.82) is 0 Å². The first kappa shape index (κ1) is 21.1. The summed E-state index contributed by atoms with van der Waals surface area (Å²) in [5.41, 5.74) is 4.02. The molecule has 0 aliphatic carbocycles. The third-order valence-electron chi connectivity index (χ3n) is 5.03. The van der Waals surface area contributed by atoms with E-state index in [1.807, 2.05) is 48.2 Å². The number of aromatic amines is 1. The Kier molecular flexibility index (Phi) is 5.59. The van der Waals surface area contributed by atoms with E-state index in [1.54, 1.807) is 18.3 Å². The van der Waals surface area contributed by atoms with Gasteiger partial charge in [-0.05, 0) is 55.5 Å². The largest absolute Gasteiger partial charge is 0.494 e. The van der Waals surface area contributed by atoms with Gasteiger partial charge in [-0.15, -0.1) is 0 Å². The molecule has 162 valence electrons. The van der Waals surface area contributed by atoms with Crippen LogP contribution in [-0.4, -0.2) is 36.9 Å². The van der Waals surface area contributed by atoms with Gasteiger partial charge < -0.3 is 19.9 Å². The second-order valence-electron chi connectivity index (χ2n) is 7.35. The number of nitrogens with zero attached hydrogens (tertiary/aromatic N) is 2. The maximum absolute atomic E-state index is 11.7. The van der Waals surface area contributed by atoms with Crippen molar-refractivity contribution in [3.8, 4) is 5.75 Å². The molecule has 1 aliphatic heterocycles. The average molecular weight is 458 g/mol. The van der Waals surface area contributed by atoms with Crippen LogP contribution >= 0.6 is 12.2 Å². The molecule has 1 saturated heterocycles. The van der Waals surface area contributed by atoms with Crippen LogP contribution in [0.25, 0.3) is 0 Å². The Labute approximate surface area is 186 Å². The molecule has 0 saturated carbocycles. The van der Waals surface area contributed by atoms with Crippen LogP contribution in [0, 0.1) is 6.92 Å². The number of thiocarbonyl (C=S) groups is 1. The summed E-state index contributed by atoms with van der Waals surface area (Å²) in [4.78, 5) is 9.94. The molecule has 2 atom stereocenters. The minimum atomic E-state index is -3.44. The predicted molar refractivity (Wildman–Crippen MR) is 125 cm³/mol. The molecule has 8 nitrogen and oxygen atoms in total. The van der Waals surface area contributed by atoms with Gasteiger partial charge in [0.2, 0.25) is 10.0 Å². The zero-order valence-electron chi connectivity index (χ0n) is 17.3. The fourth-order valence-corrected chi connectivity index (χ4v) is 4.68. The Morgan fingerprint density at radius 3 is 2.61 bits per heavy atom. The summed E-state index contributed by atoms with van der Waals surface area (Å²) in [6.45, 7) is 2.00. The van der Waals surface area contributed by atoms with E-state index in [0.717, 1.165) is 29.0 Å². The standard InChI is InChI=1S/C21H23N5O3S2/c1-13-7-9-17(23-13)20-19(16-6-4-5-11-22-16)24-21(30)26(20)14-8-10-15(18(12-14)29-2)25-31(3,27)28/h4-12,19-20,23,25H,1-3H3,(H,24,30)/t19-,20+/m0/s1. The fraction of sp³-hybridized carbons (Fsp3) is 0.238. The number of H-pyrrole nitrogens is 1. The first-order chi connectivity index (χ1) is 14.8. The molecular formula is C21H23N5O3S2. The lowest BCUT2D eigenvalue weighted by Gasteiger charge is -2.27. The fourth-order valence-electron chi connectivity index (χ4n) is 3.76. The number of benzene rings is 1. The molecule has 1 fully saturated rings. The van der Waals surface area contributed by atoms with Crippen molar-refractivity contribution in [2.45, 2.75) is 19.0 Å². The molecule has 1 aliphatic rings. The van der Waals surface area contributed by atoms with E-state index in [0.29, 0.717) is 16.5 Å². The van der Waals surface area contributed by atoms with Gasteiger partial charge in [0, 0.05) is 29.3 Å². The third kappa shape index (κ3) is 4.35. The minimum absolute atomic E-state index is 0.174.